The highest BCUT2D eigenvalue weighted by Gasteiger charge is 2.14. The van der Waals surface area contributed by atoms with Gasteiger partial charge in [0.15, 0.2) is 0 Å². The number of nitrogens with one attached hydrogen (secondary N) is 1. The lowest BCUT2D eigenvalue weighted by Gasteiger charge is -2.09. The molecule has 1 unspecified atom stereocenters. The summed E-state index contributed by atoms with van der Waals surface area (Å²) in [5.74, 6) is -0.0800. The molecule has 1 atom stereocenters. The zero-order valence-electron chi connectivity index (χ0n) is 12.9. The maximum Gasteiger partial charge on any atom is 0.335 e. The van der Waals surface area contributed by atoms with Crippen molar-refractivity contribution in [3.63, 3.8) is 0 Å². The van der Waals surface area contributed by atoms with Crippen LogP contribution in [0.1, 0.15) is 25.8 Å². The van der Waals surface area contributed by atoms with Crippen molar-refractivity contribution in [1.29, 1.82) is 0 Å². The van der Waals surface area contributed by atoms with Gasteiger partial charge >= 0.3 is 5.69 Å². The van der Waals surface area contributed by atoms with E-state index in [0.717, 1.165) is 11.0 Å². The summed E-state index contributed by atoms with van der Waals surface area (Å²) in [4.78, 5) is 30.3. The maximum absolute atomic E-state index is 12.0. The lowest BCUT2D eigenvalue weighted by atomic mass is 10.1. The highest BCUT2D eigenvalue weighted by atomic mass is 35.5. The van der Waals surface area contributed by atoms with Crippen LogP contribution < -0.4 is 11.2 Å². The van der Waals surface area contributed by atoms with Gasteiger partial charge in [-0.3, -0.25) is 14.8 Å². The Morgan fingerprint density at radius 2 is 2.00 bits per heavy atom. The number of aliphatic imine (C=N–C) groups is 1. The maximum atomic E-state index is 12.0. The first-order valence-electron chi connectivity index (χ1n) is 7.28. The molecule has 0 aliphatic rings. The molecule has 0 bridgehead atoms. The van der Waals surface area contributed by atoms with Gasteiger partial charge in [-0.1, -0.05) is 31.9 Å². The quantitative estimate of drug-likeness (QED) is 0.822. The van der Waals surface area contributed by atoms with Crippen molar-refractivity contribution < 1.29 is 5.11 Å². The topological polar surface area (TPSA) is 87.4 Å². The number of benzene rings is 1. The standard InChI is InChI=1S/C16H18ClN3O3/c1-3-10(2)8-18-9-13-14(21)19-16(23)20(15(13)22)12-6-4-11(17)5-7-12/h4-7,9-10,22H,3,8H2,1-2H3,(H,19,21,23). The molecule has 122 valence electrons. The predicted molar refractivity (Wildman–Crippen MR) is 91.3 cm³/mol. The van der Waals surface area contributed by atoms with Crippen LogP contribution in [0, 0.1) is 5.92 Å². The van der Waals surface area contributed by atoms with Crippen molar-refractivity contribution in [3.05, 3.63) is 55.7 Å². The molecule has 0 spiro atoms. The number of halogens is 1. The minimum absolute atomic E-state index is 0.0529. The SMILES string of the molecule is CCC(C)CN=Cc1c(O)n(-c2ccc(Cl)cc2)c(=O)[nH]c1=O. The van der Waals surface area contributed by atoms with E-state index in [0.29, 0.717) is 23.2 Å². The normalized spacial score (nSPS) is 12.7. The molecule has 0 amide bonds. The third-order valence-electron chi connectivity index (χ3n) is 3.54. The molecular weight excluding hydrogens is 318 g/mol. The molecule has 2 N–H and O–H groups in total. The molecule has 7 heteroatoms. The summed E-state index contributed by atoms with van der Waals surface area (Å²) in [5.41, 5.74) is -1.06. The molecular formula is C16H18ClN3O3. The second-order valence-corrected chi connectivity index (χ2v) is 5.75. The Bertz CT molecular complexity index is 822. The molecule has 0 aliphatic carbocycles. The minimum atomic E-state index is -0.728. The average molecular weight is 336 g/mol. The second kappa shape index (κ2) is 7.28. The summed E-state index contributed by atoms with van der Waals surface area (Å²) in [5, 5.41) is 10.8. The Hall–Kier alpha value is -2.34. The fourth-order valence-corrected chi connectivity index (χ4v) is 2.06. The van der Waals surface area contributed by atoms with Crippen LogP contribution >= 0.6 is 11.6 Å². The van der Waals surface area contributed by atoms with Crippen molar-refractivity contribution in [2.75, 3.05) is 6.54 Å². The molecule has 0 saturated carbocycles. The smallest absolute Gasteiger partial charge is 0.335 e. The van der Waals surface area contributed by atoms with Crippen molar-refractivity contribution in [1.82, 2.24) is 9.55 Å². The van der Waals surface area contributed by atoms with E-state index in [1.54, 1.807) is 24.3 Å². The van der Waals surface area contributed by atoms with Crippen LogP contribution in [0.4, 0.5) is 0 Å². The number of rotatable bonds is 5. The monoisotopic (exact) mass is 335 g/mol. The fourth-order valence-electron chi connectivity index (χ4n) is 1.94. The molecule has 1 aromatic heterocycles. The number of aromatic nitrogens is 2. The van der Waals surface area contributed by atoms with Gasteiger partial charge in [0.2, 0.25) is 5.88 Å². The first kappa shape index (κ1) is 17.0. The number of nitrogens with zero attached hydrogens (tertiary/aromatic N) is 2. The highest BCUT2D eigenvalue weighted by Crippen LogP contribution is 2.17. The Kier molecular flexibility index (Phi) is 5.39. The van der Waals surface area contributed by atoms with Crippen LogP contribution in [0.2, 0.25) is 5.02 Å². The third kappa shape index (κ3) is 3.90. The van der Waals surface area contributed by atoms with Gasteiger partial charge in [0.05, 0.1) is 5.69 Å². The minimum Gasteiger partial charge on any atom is -0.493 e. The van der Waals surface area contributed by atoms with Crippen LogP contribution in [-0.2, 0) is 0 Å². The van der Waals surface area contributed by atoms with E-state index in [9.17, 15) is 14.7 Å². The number of aromatic amines is 1. The molecule has 0 aliphatic heterocycles. The second-order valence-electron chi connectivity index (χ2n) is 5.32. The fraction of sp³-hybridized carbons (Fsp3) is 0.312. The summed E-state index contributed by atoms with van der Waals surface area (Å²) >= 11 is 5.82. The van der Waals surface area contributed by atoms with Crippen LogP contribution in [0.5, 0.6) is 5.88 Å². The van der Waals surface area contributed by atoms with Gasteiger partial charge in [0.25, 0.3) is 5.56 Å². The van der Waals surface area contributed by atoms with E-state index < -0.39 is 17.1 Å². The summed E-state index contributed by atoms with van der Waals surface area (Å²) in [6.45, 7) is 4.62. The Morgan fingerprint density at radius 1 is 1.35 bits per heavy atom. The summed E-state index contributed by atoms with van der Waals surface area (Å²) < 4.78 is 1.00. The lowest BCUT2D eigenvalue weighted by Crippen LogP contribution is -2.31. The molecule has 1 heterocycles. The van der Waals surface area contributed by atoms with E-state index in [2.05, 4.69) is 9.98 Å². The van der Waals surface area contributed by atoms with E-state index in [1.165, 1.54) is 6.21 Å². The third-order valence-corrected chi connectivity index (χ3v) is 3.79. The average Bonchev–Trinajstić information content (AvgIpc) is 2.51. The molecule has 0 radical (unpaired) electrons. The van der Waals surface area contributed by atoms with E-state index in [1.807, 2.05) is 13.8 Å². The van der Waals surface area contributed by atoms with Gasteiger partial charge in [0, 0.05) is 17.8 Å². The first-order valence-corrected chi connectivity index (χ1v) is 7.66. The van der Waals surface area contributed by atoms with Crippen LogP contribution in [0.3, 0.4) is 0 Å². The highest BCUT2D eigenvalue weighted by molar-refractivity contribution is 6.30. The zero-order chi connectivity index (χ0) is 17.0. The Morgan fingerprint density at radius 3 is 2.61 bits per heavy atom. The Labute approximate surface area is 138 Å². The van der Waals surface area contributed by atoms with Gasteiger partial charge in [0.1, 0.15) is 5.56 Å². The molecule has 23 heavy (non-hydrogen) atoms. The van der Waals surface area contributed by atoms with Crippen LogP contribution in [-0.4, -0.2) is 27.4 Å². The van der Waals surface area contributed by atoms with Gasteiger partial charge in [-0.05, 0) is 30.2 Å². The van der Waals surface area contributed by atoms with E-state index in [-0.39, 0.29) is 5.56 Å². The van der Waals surface area contributed by atoms with Gasteiger partial charge in [-0.15, -0.1) is 0 Å². The number of hydrogen-bond acceptors (Lipinski definition) is 4. The Balaban J connectivity index is 2.49. The molecule has 0 saturated heterocycles. The van der Waals surface area contributed by atoms with Gasteiger partial charge in [-0.25, -0.2) is 9.36 Å². The van der Waals surface area contributed by atoms with Gasteiger partial charge < -0.3 is 5.11 Å². The van der Waals surface area contributed by atoms with Gasteiger partial charge in [-0.2, -0.15) is 0 Å². The van der Waals surface area contributed by atoms with E-state index >= 15 is 0 Å². The van der Waals surface area contributed by atoms with Crippen LogP contribution in [0.15, 0.2) is 38.8 Å². The van der Waals surface area contributed by atoms with E-state index in [4.69, 9.17) is 11.6 Å². The molecule has 6 nitrogen and oxygen atoms in total. The predicted octanol–water partition coefficient (Wildman–Crippen LogP) is 2.35. The van der Waals surface area contributed by atoms with Crippen molar-refractivity contribution >= 4 is 17.8 Å². The summed E-state index contributed by atoms with van der Waals surface area (Å²) in [6.07, 6.45) is 2.26. The molecule has 0 fully saturated rings. The molecule has 2 aromatic rings. The lowest BCUT2D eigenvalue weighted by molar-refractivity contribution is 0.430. The summed E-state index contributed by atoms with van der Waals surface area (Å²) in [6, 6.07) is 6.32. The molecule has 1 aromatic carbocycles. The van der Waals surface area contributed by atoms with Crippen molar-refractivity contribution in [2.45, 2.75) is 20.3 Å². The summed E-state index contributed by atoms with van der Waals surface area (Å²) in [7, 11) is 0. The number of H-pyrrole nitrogens is 1. The number of aromatic hydroxyl groups is 1. The first-order chi connectivity index (χ1) is 10.9. The van der Waals surface area contributed by atoms with Crippen molar-refractivity contribution in [2.24, 2.45) is 10.9 Å². The van der Waals surface area contributed by atoms with Crippen LogP contribution in [0.25, 0.3) is 5.69 Å². The number of hydrogen-bond donors (Lipinski definition) is 2. The largest absolute Gasteiger partial charge is 0.493 e. The molecule has 2 rings (SSSR count). The zero-order valence-corrected chi connectivity index (χ0v) is 13.7. The van der Waals surface area contributed by atoms with Crippen molar-refractivity contribution in [3.8, 4) is 11.6 Å².